The number of nitrogens with zero attached hydrogens (tertiary/aromatic N) is 6. The highest BCUT2D eigenvalue weighted by Gasteiger charge is 2.21. The molecule has 27 heavy (non-hydrogen) atoms. The molecule has 1 saturated heterocycles. The van der Waals surface area contributed by atoms with Gasteiger partial charge in [-0.05, 0) is 18.2 Å². The SMILES string of the molecule is N#C/C(=C(/O)CN1CCN(c2ncccn2)CC1)c1nc2ccccc2[nH]1. The van der Waals surface area contributed by atoms with Gasteiger partial charge >= 0.3 is 0 Å². The first-order valence-electron chi connectivity index (χ1n) is 8.76. The number of aromatic amines is 1. The number of H-pyrrole nitrogens is 1. The second-order valence-electron chi connectivity index (χ2n) is 6.35. The molecule has 2 N–H and O–H groups in total. The van der Waals surface area contributed by atoms with E-state index in [0.29, 0.717) is 12.4 Å². The Morgan fingerprint density at radius 1 is 1.11 bits per heavy atom. The molecular weight excluding hydrogens is 342 g/mol. The number of allylic oxidation sites excluding steroid dienone is 1. The van der Waals surface area contributed by atoms with E-state index in [4.69, 9.17) is 0 Å². The van der Waals surface area contributed by atoms with Crippen LogP contribution in [0, 0.1) is 11.3 Å². The number of hydrogen-bond acceptors (Lipinski definition) is 7. The molecule has 4 rings (SSSR count). The van der Waals surface area contributed by atoms with Crippen LogP contribution in [0.2, 0.25) is 0 Å². The van der Waals surface area contributed by atoms with Gasteiger partial charge in [-0.25, -0.2) is 15.0 Å². The van der Waals surface area contributed by atoms with Crippen molar-refractivity contribution in [3.8, 4) is 6.07 Å². The highest BCUT2D eigenvalue weighted by atomic mass is 16.3. The topological polar surface area (TPSA) is 105 Å². The number of nitrogens with one attached hydrogen (secondary N) is 1. The van der Waals surface area contributed by atoms with Crippen molar-refractivity contribution in [2.75, 3.05) is 37.6 Å². The van der Waals surface area contributed by atoms with Crippen molar-refractivity contribution >= 4 is 22.6 Å². The number of anilines is 1. The van der Waals surface area contributed by atoms with E-state index in [1.54, 1.807) is 18.5 Å². The fraction of sp³-hybridized carbons (Fsp3) is 0.263. The smallest absolute Gasteiger partial charge is 0.225 e. The molecule has 0 saturated carbocycles. The van der Waals surface area contributed by atoms with Gasteiger partial charge in [-0.15, -0.1) is 0 Å². The highest BCUT2D eigenvalue weighted by Crippen LogP contribution is 2.19. The minimum Gasteiger partial charge on any atom is -0.509 e. The first-order valence-corrected chi connectivity index (χ1v) is 8.76. The summed E-state index contributed by atoms with van der Waals surface area (Å²) >= 11 is 0. The van der Waals surface area contributed by atoms with Gasteiger partial charge in [0, 0.05) is 38.6 Å². The Kier molecular flexibility index (Phi) is 4.68. The number of benzene rings is 1. The molecule has 1 fully saturated rings. The molecule has 8 heteroatoms. The Hall–Kier alpha value is -3.44. The predicted molar refractivity (Wildman–Crippen MR) is 102 cm³/mol. The maximum Gasteiger partial charge on any atom is 0.225 e. The number of imidazole rings is 1. The second kappa shape index (κ2) is 7.43. The van der Waals surface area contributed by atoms with Crippen molar-refractivity contribution < 1.29 is 5.11 Å². The Morgan fingerprint density at radius 2 is 1.85 bits per heavy atom. The minimum atomic E-state index is 0.0287. The van der Waals surface area contributed by atoms with Crippen LogP contribution < -0.4 is 4.90 Å². The summed E-state index contributed by atoms with van der Waals surface area (Å²) in [7, 11) is 0. The fourth-order valence-electron chi connectivity index (χ4n) is 3.18. The van der Waals surface area contributed by atoms with Crippen molar-refractivity contribution in [2.45, 2.75) is 0 Å². The average molecular weight is 361 g/mol. The van der Waals surface area contributed by atoms with E-state index in [-0.39, 0.29) is 11.3 Å². The molecule has 0 bridgehead atoms. The third-order valence-electron chi connectivity index (χ3n) is 4.61. The molecule has 136 valence electrons. The van der Waals surface area contributed by atoms with Gasteiger partial charge in [0.25, 0.3) is 0 Å². The number of aromatic nitrogens is 4. The largest absolute Gasteiger partial charge is 0.509 e. The zero-order chi connectivity index (χ0) is 18.6. The predicted octanol–water partition coefficient (Wildman–Crippen LogP) is 1.97. The van der Waals surface area contributed by atoms with Crippen LogP contribution in [0.4, 0.5) is 5.95 Å². The number of fused-ring (bicyclic) bond motifs is 1. The molecule has 3 aromatic rings. The highest BCUT2D eigenvalue weighted by molar-refractivity contribution is 5.82. The van der Waals surface area contributed by atoms with E-state index in [1.807, 2.05) is 24.3 Å². The number of para-hydroxylation sites is 2. The molecule has 0 radical (unpaired) electrons. The van der Waals surface area contributed by atoms with Gasteiger partial charge in [-0.1, -0.05) is 12.1 Å². The van der Waals surface area contributed by atoms with Crippen LogP contribution in [-0.4, -0.2) is 62.7 Å². The zero-order valence-electron chi connectivity index (χ0n) is 14.7. The van der Waals surface area contributed by atoms with Crippen molar-refractivity contribution in [1.29, 1.82) is 5.26 Å². The number of rotatable bonds is 4. The molecule has 1 aliphatic heterocycles. The number of aliphatic hydroxyl groups is 1. The Bertz CT molecular complexity index is 965. The van der Waals surface area contributed by atoms with Crippen molar-refractivity contribution in [2.24, 2.45) is 0 Å². The standard InChI is InChI=1S/C19H19N7O/c20-12-14(18-23-15-4-1-2-5-16(15)24-18)17(27)13-25-8-10-26(11-9-25)19-21-6-3-7-22-19/h1-7,27H,8-11,13H2,(H,23,24)/b17-14-. The summed E-state index contributed by atoms with van der Waals surface area (Å²) in [4.78, 5) is 20.3. The second-order valence-corrected chi connectivity index (χ2v) is 6.35. The summed E-state index contributed by atoms with van der Waals surface area (Å²) in [5, 5.41) is 20.1. The van der Waals surface area contributed by atoms with Gasteiger partial charge in [0.15, 0.2) is 5.82 Å². The van der Waals surface area contributed by atoms with Crippen LogP contribution >= 0.6 is 0 Å². The number of piperazine rings is 1. The lowest BCUT2D eigenvalue weighted by atomic mass is 10.2. The van der Waals surface area contributed by atoms with Crippen LogP contribution in [0.25, 0.3) is 16.6 Å². The summed E-state index contributed by atoms with van der Waals surface area (Å²) in [5.74, 6) is 1.14. The zero-order valence-corrected chi connectivity index (χ0v) is 14.7. The van der Waals surface area contributed by atoms with Gasteiger partial charge in [-0.3, -0.25) is 4.90 Å². The molecule has 0 atom stereocenters. The van der Waals surface area contributed by atoms with Gasteiger partial charge in [-0.2, -0.15) is 5.26 Å². The molecule has 0 amide bonds. The summed E-state index contributed by atoms with van der Waals surface area (Å²) in [6.45, 7) is 3.35. The molecule has 1 aromatic carbocycles. The van der Waals surface area contributed by atoms with E-state index >= 15 is 0 Å². The molecule has 3 heterocycles. The van der Waals surface area contributed by atoms with Crippen molar-refractivity contribution in [3.05, 3.63) is 54.3 Å². The first kappa shape index (κ1) is 17.0. The monoisotopic (exact) mass is 361 g/mol. The van der Waals surface area contributed by atoms with E-state index < -0.39 is 0 Å². The van der Waals surface area contributed by atoms with Crippen LogP contribution in [0.15, 0.2) is 48.5 Å². The van der Waals surface area contributed by atoms with Crippen molar-refractivity contribution in [1.82, 2.24) is 24.8 Å². The number of hydrogen-bond donors (Lipinski definition) is 2. The van der Waals surface area contributed by atoms with Gasteiger partial charge in [0.1, 0.15) is 17.4 Å². The summed E-state index contributed by atoms with van der Waals surface area (Å²) in [6, 6.07) is 11.4. The molecule has 0 aliphatic carbocycles. The van der Waals surface area contributed by atoms with E-state index in [0.717, 1.165) is 43.2 Å². The first-order chi connectivity index (χ1) is 13.2. The average Bonchev–Trinajstić information content (AvgIpc) is 3.13. The molecule has 0 unspecified atom stereocenters. The minimum absolute atomic E-state index is 0.0287. The van der Waals surface area contributed by atoms with Gasteiger partial charge < -0.3 is 15.0 Å². The summed E-state index contributed by atoms with van der Waals surface area (Å²) < 4.78 is 0. The molecular formula is C19H19N7O. The van der Waals surface area contributed by atoms with Crippen LogP contribution in [0.5, 0.6) is 0 Å². The fourth-order valence-corrected chi connectivity index (χ4v) is 3.18. The van der Waals surface area contributed by atoms with Crippen LogP contribution in [0.1, 0.15) is 5.82 Å². The van der Waals surface area contributed by atoms with Crippen LogP contribution in [0.3, 0.4) is 0 Å². The number of nitriles is 1. The third-order valence-corrected chi connectivity index (χ3v) is 4.61. The maximum absolute atomic E-state index is 10.5. The Morgan fingerprint density at radius 3 is 2.56 bits per heavy atom. The maximum atomic E-state index is 10.5. The van der Waals surface area contributed by atoms with Gasteiger partial charge in [0.05, 0.1) is 17.6 Å². The molecule has 0 spiro atoms. The van der Waals surface area contributed by atoms with E-state index in [9.17, 15) is 10.4 Å². The summed E-state index contributed by atoms with van der Waals surface area (Å²) in [6.07, 6.45) is 3.46. The van der Waals surface area contributed by atoms with E-state index in [1.165, 1.54) is 0 Å². The Labute approximate surface area is 156 Å². The lowest BCUT2D eigenvalue weighted by molar-refractivity contribution is 0.238. The van der Waals surface area contributed by atoms with Crippen molar-refractivity contribution in [3.63, 3.8) is 0 Å². The van der Waals surface area contributed by atoms with E-state index in [2.05, 4.69) is 35.8 Å². The molecule has 2 aromatic heterocycles. The van der Waals surface area contributed by atoms with Crippen LogP contribution in [-0.2, 0) is 0 Å². The molecule has 8 nitrogen and oxygen atoms in total. The normalized spacial score (nSPS) is 16.2. The number of aliphatic hydroxyl groups excluding tert-OH is 1. The lowest BCUT2D eigenvalue weighted by Gasteiger charge is -2.34. The third kappa shape index (κ3) is 3.59. The lowest BCUT2D eigenvalue weighted by Crippen LogP contribution is -2.47. The quantitative estimate of drug-likeness (QED) is 0.541. The van der Waals surface area contributed by atoms with Gasteiger partial charge in [0.2, 0.25) is 5.95 Å². The Balaban J connectivity index is 1.46. The molecule has 1 aliphatic rings. The summed E-state index contributed by atoms with van der Waals surface area (Å²) in [5.41, 5.74) is 1.79.